The number of benzene rings is 1. The molecule has 19 heavy (non-hydrogen) atoms. The van der Waals surface area contributed by atoms with Crippen molar-refractivity contribution in [2.24, 2.45) is 0 Å². The van der Waals surface area contributed by atoms with Crippen LogP contribution in [0.1, 0.15) is 31.2 Å². The molecule has 0 spiro atoms. The summed E-state index contributed by atoms with van der Waals surface area (Å²) in [6, 6.07) is 5.95. The molecule has 0 aliphatic heterocycles. The molecule has 6 heteroatoms. The van der Waals surface area contributed by atoms with Gasteiger partial charge in [0, 0.05) is 6.07 Å². The molecule has 0 heterocycles. The van der Waals surface area contributed by atoms with Gasteiger partial charge in [-0.15, -0.1) is 0 Å². The molecule has 2 atom stereocenters. The highest BCUT2D eigenvalue weighted by Gasteiger charge is 2.25. The predicted molar refractivity (Wildman–Crippen MR) is 69.7 cm³/mol. The molecular weight excluding hydrogens is 246 g/mol. The van der Waals surface area contributed by atoms with Gasteiger partial charge in [-0.25, -0.2) is 0 Å². The number of aliphatic hydroxyl groups excluding tert-OH is 1. The number of nitrogens with one attached hydrogen (secondary N) is 1. The standard InChI is InChI=1S/C13H15N3O3/c14-8-9-5-6-12(16(18)19)11(7-9)15-10-3-1-2-4-13(10)17/h5-7,10,13,15,17H,1-4H2. The van der Waals surface area contributed by atoms with Crippen LogP contribution in [0.15, 0.2) is 18.2 Å². The largest absolute Gasteiger partial charge is 0.391 e. The van der Waals surface area contributed by atoms with Crippen molar-refractivity contribution >= 4 is 11.4 Å². The number of hydrogen-bond acceptors (Lipinski definition) is 5. The third-order valence-electron chi connectivity index (χ3n) is 3.39. The Morgan fingerprint density at radius 3 is 2.79 bits per heavy atom. The quantitative estimate of drug-likeness (QED) is 0.641. The number of hydrogen-bond donors (Lipinski definition) is 2. The molecule has 0 bridgehead atoms. The van der Waals surface area contributed by atoms with E-state index in [1.54, 1.807) is 0 Å². The molecule has 0 saturated heterocycles. The number of nitrogens with zero attached hydrogens (tertiary/aromatic N) is 2. The van der Waals surface area contributed by atoms with Crippen LogP contribution in [-0.4, -0.2) is 22.2 Å². The summed E-state index contributed by atoms with van der Waals surface area (Å²) in [6.07, 6.45) is 2.93. The van der Waals surface area contributed by atoms with Crippen LogP contribution in [-0.2, 0) is 0 Å². The highest BCUT2D eigenvalue weighted by atomic mass is 16.6. The molecule has 2 unspecified atom stereocenters. The van der Waals surface area contributed by atoms with Gasteiger partial charge < -0.3 is 10.4 Å². The van der Waals surface area contributed by atoms with Gasteiger partial charge in [-0.05, 0) is 25.0 Å². The van der Waals surface area contributed by atoms with Gasteiger partial charge in [0.25, 0.3) is 5.69 Å². The highest BCUT2D eigenvalue weighted by Crippen LogP contribution is 2.29. The Morgan fingerprint density at radius 1 is 1.42 bits per heavy atom. The summed E-state index contributed by atoms with van der Waals surface area (Å²) in [7, 11) is 0. The summed E-state index contributed by atoms with van der Waals surface area (Å²) in [4.78, 5) is 10.5. The predicted octanol–water partition coefficient (Wildman–Crippen LogP) is 2.18. The van der Waals surface area contributed by atoms with Crippen molar-refractivity contribution in [1.29, 1.82) is 5.26 Å². The Hall–Kier alpha value is -2.13. The maximum Gasteiger partial charge on any atom is 0.292 e. The van der Waals surface area contributed by atoms with Crippen molar-refractivity contribution < 1.29 is 10.0 Å². The number of nitriles is 1. The molecule has 1 aliphatic carbocycles. The summed E-state index contributed by atoms with van der Waals surface area (Å²) in [5.41, 5.74) is 0.588. The molecular formula is C13H15N3O3. The minimum absolute atomic E-state index is 0.0724. The lowest BCUT2D eigenvalue weighted by atomic mass is 9.92. The summed E-state index contributed by atoms with van der Waals surface area (Å²) < 4.78 is 0. The van der Waals surface area contributed by atoms with Gasteiger partial charge in [0.15, 0.2) is 0 Å². The zero-order chi connectivity index (χ0) is 13.8. The average molecular weight is 261 g/mol. The molecule has 0 amide bonds. The zero-order valence-electron chi connectivity index (χ0n) is 10.4. The first-order chi connectivity index (χ1) is 9.11. The number of aliphatic hydroxyl groups is 1. The second-order valence-electron chi connectivity index (χ2n) is 4.70. The SMILES string of the molecule is N#Cc1ccc([N+](=O)[O-])c(NC2CCCCC2O)c1. The number of anilines is 1. The van der Waals surface area contributed by atoms with Gasteiger partial charge in [-0.1, -0.05) is 12.8 Å². The van der Waals surface area contributed by atoms with Crippen LogP contribution >= 0.6 is 0 Å². The minimum Gasteiger partial charge on any atom is -0.391 e. The van der Waals surface area contributed by atoms with Gasteiger partial charge in [0.05, 0.1) is 28.7 Å². The van der Waals surface area contributed by atoms with E-state index in [-0.39, 0.29) is 11.7 Å². The van der Waals surface area contributed by atoms with E-state index in [9.17, 15) is 15.2 Å². The minimum atomic E-state index is -0.501. The van der Waals surface area contributed by atoms with Crippen molar-refractivity contribution in [1.82, 2.24) is 0 Å². The normalized spacial score (nSPS) is 22.5. The Bertz CT molecular complexity index is 524. The Kier molecular flexibility index (Phi) is 3.97. The number of nitro benzene ring substituents is 1. The first-order valence-electron chi connectivity index (χ1n) is 6.25. The van der Waals surface area contributed by atoms with Crippen LogP contribution in [0, 0.1) is 21.4 Å². The molecule has 6 nitrogen and oxygen atoms in total. The maximum atomic E-state index is 11.0. The molecule has 2 N–H and O–H groups in total. The van der Waals surface area contributed by atoms with E-state index in [0.29, 0.717) is 17.7 Å². The maximum absolute atomic E-state index is 11.0. The van der Waals surface area contributed by atoms with Crippen molar-refractivity contribution in [3.8, 4) is 6.07 Å². The van der Waals surface area contributed by atoms with Crippen LogP contribution in [0.3, 0.4) is 0 Å². The van der Waals surface area contributed by atoms with Gasteiger partial charge in [-0.3, -0.25) is 10.1 Å². The second-order valence-corrected chi connectivity index (χ2v) is 4.70. The Balaban J connectivity index is 2.26. The smallest absolute Gasteiger partial charge is 0.292 e. The van der Waals surface area contributed by atoms with Crippen molar-refractivity contribution in [3.63, 3.8) is 0 Å². The van der Waals surface area contributed by atoms with Crippen LogP contribution in [0.5, 0.6) is 0 Å². The van der Waals surface area contributed by atoms with Crippen molar-refractivity contribution in [2.75, 3.05) is 5.32 Å². The monoisotopic (exact) mass is 261 g/mol. The second kappa shape index (κ2) is 5.67. The lowest BCUT2D eigenvalue weighted by Gasteiger charge is -2.29. The zero-order valence-corrected chi connectivity index (χ0v) is 10.4. The van der Waals surface area contributed by atoms with Gasteiger partial charge in [0.1, 0.15) is 5.69 Å². The van der Waals surface area contributed by atoms with Crippen LogP contribution in [0.25, 0.3) is 0 Å². The van der Waals surface area contributed by atoms with E-state index in [2.05, 4.69) is 5.32 Å². The van der Waals surface area contributed by atoms with E-state index >= 15 is 0 Å². The summed E-state index contributed by atoms with van der Waals surface area (Å²) >= 11 is 0. The lowest BCUT2D eigenvalue weighted by Crippen LogP contribution is -2.36. The molecule has 2 rings (SSSR count). The number of rotatable bonds is 3. The Labute approximate surface area is 110 Å². The fourth-order valence-electron chi connectivity index (χ4n) is 2.36. The third-order valence-corrected chi connectivity index (χ3v) is 3.39. The molecule has 1 fully saturated rings. The summed E-state index contributed by atoms with van der Waals surface area (Å²) in [6.45, 7) is 0. The van der Waals surface area contributed by atoms with Gasteiger partial charge in [-0.2, -0.15) is 5.26 Å². The van der Waals surface area contributed by atoms with Crippen molar-refractivity contribution in [3.05, 3.63) is 33.9 Å². The lowest BCUT2D eigenvalue weighted by molar-refractivity contribution is -0.384. The molecule has 1 aromatic rings. The van der Waals surface area contributed by atoms with Gasteiger partial charge in [0.2, 0.25) is 0 Å². The molecule has 100 valence electrons. The molecule has 1 saturated carbocycles. The molecule has 1 aliphatic rings. The summed E-state index contributed by atoms with van der Waals surface area (Å²) in [5.74, 6) is 0. The first-order valence-corrected chi connectivity index (χ1v) is 6.25. The molecule has 0 aromatic heterocycles. The topological polar surface area (TPSA) is 99.2 Å². The fourth-order valence-corrected chi connectivity index (χ4v) is 2.36. The molecule has 1 aromatic carbocycles. The fraction of sp³-hybridized carbons (Fsp3) is 0.462. The third kappa shape index (κ3) is 3.01. The van der Waals surface area contributed by atoms with Crippen molar-refractivity contribution in [2.45, 2.75) is 37.8 Å². The Morgan fingerprint density at radius 2 is 2.16 bits per heavy atom. The van der Waals surface area contributed by atoms with Crippen LogP contribution in [0.2, 0.25) is 0 Å². The highest BCUT2D eigenvalue weighted by molar-refractivity contribution is 5.64. The van der Waals surface area contributed by atoms with E-state index < -0.39 is 11.0 Å². The van der Waals surface area contributed by atoms with E-state index in [4.69, 9.17) is 5.26 Å². The van der Waals surface area contributed by atoms with E-state index in [0.717, 1.165) is 19.3 Å². The van der Waals surface area contributed by atoms with E-state index in [1.165, 1.54) is 18.2 Å². The van der Waals surface area contributed by atoms with E-state index in [1.807, 2.05) is 6.07 Å². The average Bonchev–Trinajstić information content (AvgIpc) is 2.41. The number of nitro groups is 1. The first kappa shape index (κ1) is 13.3. The van der Waals surface area contributed by atoms with Crippen LogP contribution in [0.4, 0.5) is 11.4 Å². The van der Waals surface area contributed by atoms with Crippen LogP contribution < -0.4 is 5.32 Å². The molecule has 0 radical (unpaired) electrons. The summed E-state index contributed by atoms with van der Waals surface area (Å²) in [5, 5.41) is 32.7. The van der Waals surface area contributed by atoms with Gasteiger partial charge >= 0.3 is 0 Å².